The molecule has 2 rings (SSSR count). The molecule has 0 radical (unpaired) electrons. The second kappa shape index (κ2) is 6.72. The molecule has 0 bridgehead atoms. The lowest BCUT2D eigenvalue weighted by atomic mass is 9.78. The van der Waals surface area contributed by atoms with E-state index in [-0.39, 0.29) is 0 Å². The van der Waals surface area contributed by atoms with Crippen molar-refractivity contribution in [2.24, 2.45) is 11.8 Å². The highest BCUT2D eigenvalue weighted by Crippen LogP contribution is 2.32. The van der Waals surface area contributed by atoms with E-state index in [1.807, 2.05) is 0 Å². The Labute approximate surface area is 106 Å². The monoisotopic (exact) mass is 240 g/mol. The van der Waals surface area contributed by atoms with Crippen LogP contribution in [0.15, 0.2) is 0 Å². The molecule has 0 spiro atoms. The summed E-state index contributed by atoms with van der Waals surface area (Å²) < 4.78 is 5.43. The van der Waals surface area contributed by atoms with Crippen molar-refractivity contribution in [1.29, 1.82) is 0 Å². The summed E-state index contributed by atoms with van der Waals surface area (Å²) in [6.45, 7) is 7.73. The molecular weight excluding hydrogens is 212 g/mol. The molecule has 1 saturated carbocycles. The molecule has 1 N–H and O–H groups in total. The van der Waals surface area contributed by atoms with Crippen LogP contribution in [0.25, 0.3) is 0 Å². The van der Waals surface area contributed by atoms with Crippen molar-refractivity contribution < 1.29 is 4.74 Å². The van der Waals surface area contributed by atoms with Crippen LogP contribution in [0.1, 0.15) is 32.6 Å². The zero-order chi connectivity index (χ0) is 12.1. The maximum Gasteiger partial charge on any atom is 0.0469 e. The lowest BCUT2D eigenvalue weighted by molar-refractivity contribution is 0.0268. The fourth-order valence-electron chi connectivity index (χ4n) is 3.17. The number of nitrogens with one attached hydrogen (secondary N) is 1. The van der Waals surface area contributed by atoms with E-state index in [2.05, 4.69) is 24.2 Å². The molecule has 17 heavy (non-hydrogen) atoms. The summed E-state index contributed by atoms with van der Waals surface area (Å²) in [7, 11) is 2.32. The quantitative estimate of drug-likeness (QED) is 0.765. The third kappa shape index (κ3) is 3.67. The van der Waals surface area contributed by atoms with E-state index in [1.54, 1.807) is 0 Å². The Balaban J connectivity index is 1.69. The fourth-order valence-corrected chi connectivity index (χ4v) is 3.17. The van der Waals surface area contributed by atoms with E-state index in [1.165, 1.54) is 38.8 Å². The first kappa shape index (κ1) is 13.3. The van der Waals surface area contributed by atoms with Crippen LogP contribution in [-0.4, -0.2) is 50.8 Å². The first-order chi connectivity index (χ1) is 8.31. The van der Waals surface area contributed by atoms with E-state index >= 15 is 0 Å². The molecule has 0 aromatic rings. The smallest absolute Gasteiger partial charge is 0.0469 e. The second-order valence-corrected chi connectivity index (χ2v) is 5.71. The Morgan fingerprint density at radius 1 is 1.18 bits per heavy atom. The Morgan fingerprint density at radius 3 is 2.53 bits per heavy atom. The average Bonchev–Trinajstić information content (AvgIpc) is 2.29. The van der Waals surface area contributed by atoms with Crippen LogP contribution in [0.4, 0.5) is 0 Å². The number of rotatable bonds is 6. The lowest BCUT2D eigenvalue weighted by Crippen LogP contribution is -2.50. The summed E-state index contributed by atoms with van der Waals surface area (Å²) in [5, 5.41) is 3.49. The molecule has 0 aromatic heterocycles. The van der Waals surface area contributed by atoms with Gasteiger partial charge in [-0.05, 0) is 57.7 Å². The van der Waals surface area contributed by atoms with Gasteiger partial charge in [-0.3, -0.25) is 0 Å². The number of hydrogen-bond donors (Lipinski definition) is 1. The lowest BCUT2D eigenvalue weighted by Gasteiger charge is -2.44. The van der Waals surface area contributed by atoms with Gasteiger partial charge in [0.05, 0.1) is 0 Å². The van der Waals surface area contributed by atoms with E-state index < -0.39 is 0 Å². The van der Waals surface area contributed by atoms with E-state index in [4.69, 9.17) is 4.74 Å². The Bertz CT molecular complexity index is 216. The van der Waals surface area contributed by atoms with Gasteiger partial charge in [-0.1, -0.05) is 6.92 Å². The third-order valence-corrected chi connectivity index (χ3v) is 4.49. The summed E-state index contributed by atoms with van der Waals surface area (Å²) in [4.78, 5) is 2.61. The summed E-state index contributed by atoms with van der Waals surface area (Å²) in [5.74, 6) is 1.76. The van der Waals surface area contributed by atoms with Crippen molar-refractivity contribution in [3.8, 4) is 0 Å². The Kier molecular flexibility index (Phi) is 5.26. The SMILES string of the molecule is CCNCC1CCC1N(C)CC1CCOCC1. The minimum absolute atomic E-state index is 0.830. The molecule has 1 heterocycles. The molecule has 1 saturated heterocycles. The zero-order valence-corrected chi connectivity index (χ0v) is 11.5. The number of ether oxygens (including phenoxy) is 1. The normalized spacial score (nSPS) is 30.5. The van der Waals surface area contributed by atoms with E-state index in [0.29, 0.717) is 0 Å². The zero-order valence-electron chi connectivity index (χ0n) is 11.5. The highest BCUT2D eigenvalue weighted by atomic mass is 16.5. The molecule has 3 heteroatoms. The molecule has 1 aliphatic carbocycles. The molecule has 3 nitrogen and oxygen atoms in total. The highest BCUT2D eigenvalue weighted by molar-refractivity contribution is 4.89. The van der Waals surface area contributed by atoms with E-state index in [9.17, 15) is 0 Å². The van der Waals surface area contributed by atoms with Crippen molar-refractivity contribution in [1.82, 2.24) is 10.2 Å². The van der Waals surface area contributed by atoms with Crippen molar-refractivity contribution in [2.75, 3.05) is 39.9 Å². The maximum absolute atomic E-state index is 5.43. The van der Waals surface area contributed by atoms with Crippen LogP contribution in [0.2, 0.25) is 0 Å². The molecule has 100 valence electrons. The first-order valence-electron chi connectivity index (χ1n) is 7.30. The largest absolute Gasteiger partial charge is 0.381 e. The van der Waals surface area contributed by atoms with Crippen molar-refractivity contribution >= 4 is 0 Å². The van der Waals surface area contributed by atoms with Crippen LogP contribution in [0.3, 0.4) is 0 Å². The summed E-state index contributed by atoms with van der Waals surface area (Å²) in [6, 6.07) is 0.830. The predicted molar refractivity (Wildman–Crippen MR) is 71.2 cm³/mol. The summed E-state index contributed by atoms with van der Waals surface area (Å²) in [5.41, 5.74) is 0. The van der Waals surface area contributed by atoms with Crippen LogP contribution >= 0.6 is 0 Å². The second-order valence-electron chi connectivity index (χ2n) is 5.71. The van der Waals surface area contributed by atoms with Gasteiger partial charge in [0.25, 0.3) is 0 Å². The molecule has 2 atom stereocenters. The summed E-state index contributed by atoms with van der Waals surface area (Å²) >= 11 is 0. The molecular formula is C14H28N2O. The fraction of sp³-hybridized carbons (Fsp3) is 1.00. The van der Waals surface area contributed by atoms with Crippen molar-refractivity contribution in [2.45, 2.75) is 38.6 Å². The van der Waals surface area contributed by atoms with Gasteiger partial charge in [-0.25, -0.2) is 0 Å². The third-order valence-electron chi connectivity index (χ3n) is 4.49. The minimum Gasteiger partial charge on any atom is -0.381 e. The average molecular weight is 240 g/mol. The van der Waals surface area contributed by atoms with Gasteiger partial charge in [-0.2, -0.15) is 0 Å². The van der Waals surface area contributed by atoms with E-state index in [0.717, 1.165) is 37.6 Å². The van der Waals surface area contributed by atoms with Crippen LogP contribution in [0.5, 0.6) is 0 Å². The van der Waals surface area contributed by atoms with Gasteiger partial charge >= 0.3 is 0 Å². The van der Waals surface area contributed by atoms with Gasteiger partial charge in [0.15, 0.2) is 0 Å². The van der Waals surface area contributed by atoms with Crippen LogP contribution in [0, 0.1) is 11.8 Å². The molecule has 2 fully saturated rings. The molecule has 2 unspecified atom stereocenters. The minimum atomic E-state index is 0.830. The van der Waals surface area contributed by atoms with Crippen LogP contribution < -0.4 is 5.32 Å². The molecule has 0 amide bonds. The van der Waals surface area contributed by atoms with Crippen molar-refractivity contribution in [3.05, 3.63) is 0 Å². The Morgan fingerprint density at radius 2 is 1.94 bits per heavy atom. The van der Waals surface area contributed by atoms with Gasteiger partial charge in [0, 0.05) is 25.8 Å². The van der Waals surface area contributed by atoms with Crippen molar-refractivity contribution in [3.63, 3.8) is 0 Å². The van der Waals surface area contributed by atoms with Gasteiger partial charge < -0.3 is 15.0 Å². The number of hydrogen-bond acceptors (Lipinski definition) is 3. The molecule has 0 aromatic carbocycles. The topological polar surface area (TPSA) is 24.5 Å². The number of nitrogens with zero attached hydrogens (tertiary/aromatic N) is 1. The highest BCUT2D eigenvalue weighted by Gasteiger charge is 2.34. The maximum atomic E-state index is 5.43. The van der Waals surface area contributed by atoms with Gasteiger partial charge in [0.1, 0.15) is 0 Å². The first-order valence-corrected chi connectivity index (χ1v) is 7.30. The Hall–Kier alpha value is -0.120. The standard InChI is InChI=1S/C14H28N2O/c1-3-15-10-13-4-5-14(13)16(2)11-12-6-8-17-9-7-12/h12-15H,3-11H2,1-2H3. The van der Waals surface area contributed by atoms with Gasteiger partial charge in [0.2, 0.25) is 0 Å². The predicted octanol–water partition coefficient (Wildman–Crippen LogP) is 1.73. The summed E-state index contributed by atoms with van der Waals surface area (Å²) in [6.07, 6.45) is 5.33. The van der Waals surface area contributed by atoms with Gasteiger partial charge in [-0.15, -0.1) is 0 Å². The molecule has 2 aliphatic rings. The van der Waals surface area contributed by atoms with Crippen LogP contribution in [-0.2, 0) is 4.74 Å². The molecule has 1 aliphatic heterocycles.